The van der Waals surface area contributed by atoms with Crippen LogP contribution in [0.5, 0.6) is 0 Å². The fourth-order valence-corrected chi connectivity index (χ4v) is 2.60. The first-order valence-corrected chi connectivity index (χ1v) is 7.30. The fraction of sp³-hybridized carbons (Fsp3) is 0.294. The molecule has 0 spiro atoms. The summed E-state index contributed by atoms with van der Waals surface area (Å²) in [5, 5.41) is 0. The molecule has 2 aromatic carbocycles. The summed E-state index contributed by atoms with van der Waals surface area (Å²) in [6.07, 6.45) is 3.46. The van der Waals surface area contributed by atoms with Crippen molar-refractivity contribution in [1.82, 2.24) is 0 Å². The van der Waals surface area contributed by atoms with Gasteiger partial charge in [0.1, 0.15) is 0 Å². The smallest absolute Gasteiger partial charge is 0.0501 e. The maximum absolute atomic E-state index is 5.05. The minimum atomic E-state index is 0.493. The van der Waals surface area contributed by atoms with E-state index >= 15 is 0 Å². The highest BCUT2D eigenvalue weighted by Crippen LogP contribution is 2.29. The van der Waals surface area contributed by atoms with E-state index in [0.717, 1.165) is 13.0 Å². The monoisotopic (exact) mass is 272 g/mol. The Bertz CT molecular complexity index is 416. The average molecular weight is 272 g/mol. The normalized spacial score (nSPS) is 10.8. The largest absolute Gasteiger partial charge is 0.366 e. The zero-order valence-electron chi connectivity index (χ0n) is 11.2. The second-order valence-electron chi connectivity index (χ2n) is 4.74. The molecule has 2 aromatic rings. The van der Waals surface area contributed by atoms with Gasteiger partial charge in [-0.2, -0.15) is 0 Å². The molecule has 19 heavy (non-hydrogen) atoms. The van der Waals surface area contributed by atoms with E-state index in [9.17, 15) is 0 Å². The molecule has 0 amide bonds. The van der Waals surface area contributed by atoms with Crippen LogP contribution in [-0.2, 0) is 4.52 Å². The minimum Gasteiger partial charge on any atom is -0.366 e. The van der Waals surface area contributed by atoms with Gasteiger partial charge in [0.05, 0.1) is 6.61 Å². The van der Waals surface area contributed by atoms with Gasteiger partial charge < -0.3 is 4.52 Å². The third kappa shape index (κ3) is 4.45. The van der Waals surface area contributed by atoms with E-state index < -0.39 is 0 Å². The van der Waals surface area contributed by atoms with Gasteiger partial charge in [-0.1, -0.05) is 67.1 Å². The molecule has 1 unspecified atom stereocenters. The summed E-state index contributed by atoms with van der Waals surface area (Å²) >= 11 is 0. The van der Waals surface area contributed by atoms with Crippen molar-refractivity contribution < 1.29 is 4.52 Å². The molecule has 0 N–H and O–H groups in total. The van der Waals surface area contributed by atoms with Crippen molar-refractivity contribution in [1.29, 1.82) is 0 Å². The third-order valence-corrected chi connectivity index (χ3v) is 3.64. The standard InChI is InChI=1S/C17H21OP/c19-18-14-8-7-13-17(15-9-3-1-4-10-15)16-11-5-2-6-12-16/h1-6,9-12,17H,7-8,13-14,19H2. The number of unbranched alkanes of at least 4 members (excludes halogenated alkanes) is 1. The summed E-state index contributed by atoms with van der Waals surface area (Å²) in [6.45, 7) is 0.820. The van der Waals surface area contributed by atoms with Crippen LogP contribution < -0.4 is 0 Å². The quantitative estimate of drug-likeness (QED) is 0.520. The Morgan fingerprint density at radius 3 is 1.79 bits per heavy atom. The predicted molar refractivity (Wildman–Crippen MR) is 84.2 cm³/mol. The van der Waals surface area contributed by atoms with Crippen molar-refractivity contribution in [2.45, 2.75) is 25.2 Å². The number of hydrogen-bond acceptors (Lipinski definition) is 1. The molecule has 0 aliphatic carbocycles. The summed E-state index contributed by atoms with van der Waals surface area (Å²) in [7, 11) is 2.32. The molecule has 2 heteroatoms. The molecule has 0 fully saturated rings. The molecule has 2 rings (SSSR count). The molecule has 0 radical (unpaired) electrons. The Morgan fingerprint density at radius 2 is 1.32 bits per heavy atom. The molecule has 0 heterocycles. The number of benzene rings is 2. The highest BCUT2D eigenvalue weighted by Gasteiger charge is 2.12. The van der Waals surface area contributed by atoms with Crippen molar-refractivity contribution in [3.8, 4) is 0 Å². The lowest BCUT2D eigenvalue weighted by molar-refractivity contribution is 0.353. The minimum absolute atomic E-state index is 0.493. The summed E-state index contributed by atoms with van der Waals surface area (Å²) in [5.74, 6) is 0.493. The van der Waals surface area contributed by atoms with E-state index in [1.54, 1.807) is 0 Å². The van der Waals surface area contributed by atoms with E-state index in [1.807, 2.05) is 0 Å². The van der Waals surface area contributed by atoms with E-state index in [2.05, 4.69) is 70.1 Å². The van der Waals surface area contributed by atoms with Crippen LogP contribution in [0.25, 0.3) is 0 Å². The molecule has 0 aliphatic rings. The molecule has 0 saturated heterocycles. The first kappa shape index (κ1) is 14.2. The molecule has 1 atom stereocenters. The molecule has 0 bridgehead atoms. The van der Waals surface area contributed by atoms with Crippen LogP contribution in [0.3, 0.4) is 0 Å². The average Bonchev–Trinajstić information content (AvgIpc) is 2.49. The topological polar surface area (TPSA) is 9.23 Å². The predicted octanol–water partition coefficient (Wildman–Crippen LogP) is 4.80. The van der Waals surface area contributed by atoms with E-state index in [-0.39, 0.29) is 0 Å². The zero-order chi connectivity index (χ0) is 13.3. The first-order valence-electron chi connectivity index (χ1n) is 6.83. The van der Waals surface area contributed by atoms with Gasteiger partial charge in [-0.05, 0) is 24.0 Å². The first-order chi connectivity index (χ1) is 9.42. The van der Waals surface area contributed by atoms with E-state index in [0.29, 0.717) is 5.92 Å². The van der Waals surface area contributed by atoms with Crippen LogP contribution in [0.1, 0.15) is 36.3 Å². The van der Waals surface area contributed by atoms with Crippen molar-refractivity contribution in [2.24, 2.45) is 0 Å². The summed E-state index contributed by atoms with van der Waals surface area (Å²) < 4.78 is 5.05. The van der Waals surface area contributed by atoms with Crippen LogP contribution in [0.15, 0.2) is 60.7 Å². The van der Waals surface area contributed by atoms with Crippen molar-refractivity contribution in [2.75, 3.05) is 6.61 Å². The van der Waals surface area contributed by atoms with Gasteiger partial charge in [0, 0.05) is 15.4 Å². The van der Waals surface area contributed by atoms with Gasteiger partial charge in [0.2, 0.25) is 0 Å². The van der Waals surface area contributed by atoms with E-state index in [1.165, 1.54) is 24.0 Å². The van der Waals surface area contributed by atoms with E-state index in [4.69, 9.17) is 4.52 Å². The highest BCUT2D eigenvalue weighted by molar-refractivity contribution is 7.09. The maximum Gasteiger partial charge on any atom is 0.0501 e. The van der Waals surface area contributed by atoms with Crippen LogP contribution in [0.4, 0.5) is 0 Å². The third-order valence-electron chi connectivity index (χ3n) is 3.41. The Hall–Kier alpha value is -1.17. The van der Waals surface area contributed by atoms with Gasteiger partial charge in [0.15, 0.2) is 0 Å². The Labute approximate surface area is 118 Å². The lowest BCUT2D eigenvalue weighted by atomic mass is 9.87. The second kappa shape index (κ2) is 8.09. The summed E-state index contributed by atoms with van der Waals surface area (Å²) in [4.78, 5) is 0. The molecule has 0 aromatic heterocycles. The van der Waals surface area contributed by atoms with Crippen molar-refractivity contribution in [3.63, 3.8) is 0 Å². The molecule has 0 saturated carbocycles. The molecular formula is C17H21OP. The maximum atomic E-state index is 5.05. The second-order valence-corrected chi connectivity index (χ2v) is 5.07. The molecular weight excluding hydrogens is 251 g/mol. The molecule has 100 valence electrons. The van der Waals surface area contributed by atoms with Crippen molar-refractivity contribution in [3.05, 3.63) is 71.8 Å². The summed E-state index contributed by atoms with van der Waals surface area (Å²) in [5.41, 5.74) is 2.81. The lowest BCUT2D eigenvalue weighted by Crippen LogP contribution is -2.01. The molecule has 1 nitrogen and oxygen atoms in total. The van der Waals surface area contributed by atoms with Gasteiger partial charge in [0.25, 0.3) is 0 Å². The number of rotatable bonds is 7. The van der Waals surface area contributed by atoms with Gasteiger partial charge in [-0.3, -0.25) is 0 Å². The summed E-state index contributed by atoms with van der Waals surface area (Å²) in [6, 6.07) is 21.5. The van der Waals surface area contributed by atoms with Crippen LogP contribution >= 0.6 is 9.47 Å². The Morgan fingerprint density at radius 1 is 0.789 bits per heavy atom. The Balaban J connectivity index is 2.10. The van der Waals surface area contributed by atoms with Crippen LogP contribution in [-0.4, -0.2) is 6.61 Å². The van der Waals surface area contributed by atoms with Crippen molar-refractivity contribution >= 4 is 9.47 Å². The van der Waals surface area contributed by atoms with Crippen LogP contribution in [0, 0.1) is 0 Å². The lowest BCUT2D eigenvalue weighted by Gasteiger charge is -2.18. The SMILES string of the molecule is POCCCCC(c1ccccc1)c1ccccc1. The zero-order valence-corrected chi connectivity index (χ0v) is 12.3. The van der Waals surface area contributed by atoms with Gasteiger partial charge in [-0.15, -0.1) is 0 Å². The Kier molecular flexibility index (Phi) is 6.07. The fourth-order valence-electron chi connectivity index (χ4n) is 2.43. The van der Waals surface area contributed by atoms with Gasteiger partial charge in [-0.25, -0.2) is 0 Å². The number of hydrogen-bond donors (Lipinski definition) is 0. The van der Waals surface area contributed by atoms with Crippen LogP contribution in [0.2, 0.25) is 0 Å². The van der Waals surface area contributed by atoms with Gasteiger partial charge >= 0.3 is 0 Å². The molecule has 0 aliphatic heterocycles. The highest BCUT2D eigenvalue weighted by atomic mass is 31.0.